The molecule has 1 fully saturated rings. The van der Waals surface area contributed by atoms with Gasteiger partial charge in [-0.1, -0.05) is 0 Å². The third-order valence-corrected chi connectivity index (χ3v) is 3.25. The van der Waals surface area contributed by atoms with Crippen LogP contribution in [0.3, 0.4) is 0 Å². The van der Waals surface area contributed by atoms with Crippen molar-refractivity contribution in [2.24, 2.45) is 5.92 Å². The Bertz CT molecular complexity index is 504. The smallest absolute Gasteiger partial charge is 0.293 e. The van der Waals surface area contributed by atoms with Gasteiger partial charge < -0.3 is 10.1 Å². The van der Waals surface area contributed by atoms with Gasteiger partial charge in [-0.15, -0.1) is 0 Å². The van der Waals surface area contributed by atoms with E-state index < -0.39 is 4.92 Å². The van der Waals surface area contributed by atoms with Crippen LogP contribution >= 0.6 is 0 Å². The summed E-state index contributed by atoms with van der Waals surface area (Å²) in [6.07, 6.45) is 1.94. The number of hydrogen-bond donors (Lipinski definition) is 1. The van der Waals surface area contributed by atoms with Crippen molar-refractivity contribution in [2.45, 2.75) is 12.8 Å². The number of rotatable bonds is 4. The van der Waals surface area contributed by atoms with Crippen LogP contribution in [0.15, 0.2) is 18.2 Å². The Hall–Kier alpha value is -2.13. The highest BCUT2D eigenvalue weighted by atomic mass is 16.6. The van der Waals surface area contributed by atoms with Gasteiger partial charge in [-0.25, -0.2) is 0 Å². The fourth-order valence-corrected chi connectivity index (χ4v) is 2.11. The fourth-order valence-electron chi connectivity index (χ4n) is 2.11. The minimum Gasteiger partial charge on any atom is -0.381 e. The predicted molar refractivity (Wildman–Crippen MR) is 69.8 cm³/mol. The molecule has 0 atom stereocenters. The molecule has 0 amide bonds. The van der Waals surface area contributed by atoms with E-state index >= 15 is 0 Å². The topological polar surface area (TPSA) is 88.2 Å². The summed E-state index contributed by atoms with van der Waals surface area (Å²) in [6, 6.07) is 6.38. The molecular weight excluding hydrogens is 246 g/mol. The van der Waals surface area contributed by atoms with Crippen LogP contribution < -0.4 is 5.32 Å². The van der Waals surface area contributed by atoms with E-state index in [2.05, 4.69) is 5.32 Å². The van der Waals surface area contributed by atoms with Crippen molar-refractivity contribution in [1.82, 2.24) is 0 Å². The van der Waals surface area contributed by atoms with Crippen molar-refractivity contribution < 1.29 is 9.66 Å². The number of nitriles is 1. The van der Waals surface area contributed by atoms with Gasteiger partial charge in [0.2, 0.25) is 0 Å². The van der Waals surface area contributed by atoms with E-state index in [1.807, 2.05) is 6.07 Å². The van der Waals surface area contributed by atoms with Crippen LogP contribution in [0.4, 0.5) is 11.4 Å². The van der Waals surface area contributed by atoms with Crippen molar-refractivity contribution in [3.8, 4) is 6.07 Å². The van der Waals surface area contributed by atoms with Crippen molar-refractivity contribution >= 4 is 11.4 Å². The molecule has 1 aromatic carbocycles. The summed E-state index contributed by atoms with van der Waals surface area (Å²) in [7, 11) is 0. The van der Waals surface area contributed by atoms with E-state index in [1.165, 1.54) is 6.07 Å². The zero-order valence-corrected chi connectivity index (χ0v) is 10.5. The third-order valence-electron chi connectivity index (χ3n) is 3.25. The lowest BCUT2D eigenvalue weighted by Gasteiger charge is -2.22. The Labute approximate surface area is 111 Å². The van der Waals surface area contributed by atoms with E-state index in [4.69, 9.17) is 10.00 Å². The number of anilines is 1. The summed E-state index contributed by atoms with van der Waals surface area (Å²) in [4.78, 5) is 10.5. The molecule has 100 valence electrons. The first-order valence-corrected chi connectivity index (χ1v) is 6.21. The molecule has 0 aromatic heterocycles. The standard InChI is InChI=1S/C13H15N3O3/c14-8-11-1-2-12(13(7-11)16(17)18)15-9-10-3-5-19-6-4-10/h1-2,7,10,15H,3-6,9H2. The number of benzene rings is 1. The minimum absolute atomic E-state index is 0.0499. The molecule has 6 nitrogen and oxygen atoms in total. The van der Waals surface area contributed by atoms with Crippen molar-refractivity contribution in [3.05, 3.63) is 33.9 Å². The van der Waals surface area contributed by atoms with Gasteiger partial charge in [0.15, 0.2) is 0 Å². The lowest BCUT2D eigenvalue weighted by molar-refractivity contribution is -0.384. The second-order valence-corrected chi connectivity index (χ2v) is 4.54. The molecule has 1 heterocycles. The maximum atomic E-state index is 11.0. The molecule has 19 heavy (non-hydrogen) atoms. The molecule has 1 aromatic rings. The Kier molecular flexibility index (Phi) is 4.31. The van der Waals surface area contributed by atoms with Crippen LogP contribution in [0.1, 0.15) is 18.4 Å². The van der Waals surface area contributed by atoms with Crippen LogP contribution in [0.5, 0.6) is 0 Å². The van der Waals surface area contributed by atoms with Crippen LogP contribution in [0.25, 0.3) is 0 Å². The SMILES string of the molecule is N#Cc1ccc(NCC2CCOCC2)c([N+](=O)[O-])c1. The van der Waals surface area contributed by atoms with E-state index in [0.29, 0.717) is 23.7 Å². The molecule has 0 unspecified atom stereocenters. The van der Waals surface area contributed by atoms with E-state index in [1.54, 1.807) is 12.1 Å². The molecule has 0 radical (unpaired) electrons. The first-order valence-electron chi connectivity index (χ1n) is 6.21. The van der Waals surface area contributed by atoms with Gasteiger partial charge >= 0.3 is 0 Å². The molecule has 1 saturated heterocycles. The zero-order valence-electron chi connectivity index (χ0n) is 10.5. The lowest BCUT2D eigenvalue weighted by atomic mass is 10.0. The van der Waals surface area contributed by atoms with Crippen LogP contribution in [0.2, 0.25) is 0 Å². The Morgan fingerprint density at radius 3 is 2.84 bits per heavy atom. The number of ether oxygens (including phenoxy) is 1. The van der Waals surface area contributed by atoms with Gasteiger partial charge in [0.25, 0.3) is 5.69 Å². The second kappa shape index (κ2) is 6.16. The van der Waals surface area contributed by atoms with Crippen molar-refractivity contribution in [1.29, 1.82) is 5.26 Å². The van der Waals surface area contributed by atoms with Crippen LogP contribution in [-0.2, 0) is 4.74 Å². The number of nitrogens with zero attached hydrogens (tertiary/aromatic N) is 2. The maximum absolute atomic E-state index is 11.0. The molecule has 1 N–H and O–H groups in total. The maximum Gasteiger partial charge on any atom is 0.293 e. The molecule has 1 aliphatic rings. The van der Waals surface area contributed by atoms with Crippen LogP contribution in [0, 0.1) is 27.4 Å². The first kappa shape index (κ1) is 13.3. The molecule has 2 rings (SSSR count). The van der Waals surface area contributed by atoms with Gasteiger partial charge in [0, 0.05) is 25.8 Å². The summed E-state index contributed by atoms with van der Waals surface area (Å²) >= 11 is 0. The number of nitrogens with one attached hydrogen (secondary N) is 1. The minimum atomic E-state index is -0.465. The summed E-state index contributed by atoms with van der Waals surface area (Å²) in [5.74, 6) is 0.476. The van der Waals surface area contributed by atoms with E-state index in [9.17, 15) is 10.1 Å². The molecule has 6 heteroatoms. The highest BCUT2D eigenvalue weighted by molar-refractivity contribution is 5.64. The quantitative estimate of drug-likeness (QED) is 0.663. The van der Waals surface area contributed by atoms with E-state index in [-0.39, 0.29) is 5.69 Å². The molecular formula is C13H15N3O3. The average Bonchev–Trinajstić information content (AvgIpc) is 2.46. The number of nitro benzene ring substituents is 1. The second-order valence-electron chi connectivity index (χ2n) is 4.54. The Morgan fingerprint density at radius 2 is 2.21 bits per heavy atom. The largest absolute Gasteiger partial charge is 0.381 e. The number of nitro groups is 1. The average molecular weight is 261 g/mol. The third kappa shape index (κ3) is 3.42. The van der Waals surface area contributed by atoms with Gasteiger partial charge in [-0.2, -0.15) is 5.26 Å². The molecule has 0 spiro atoms. The van der Waals surface area contributed by atoms with Gasteiger partial charge in [0.05, 0.1) is 16.6 Å². The highest BCUT2D eigenvalue weighted by Gasteiger charge is 2.17. The number of hydrogen-bond acceptors (Lipinski definition) is 5. The Morgan fingerprint density at radius 1 is 1.47 bits per heavy atom. The molecule has 1 aliphatic heterocycles. The fraction of sp³-hybridized carbons (Fsp3) is 0.462. The van der Waals surface area contributed by atoms with Crippen molar-refractivity contribution in [2.75, 3.05) is 25.1 Å². The molecule has 0 aliphatic carbocycles. The zero-order chi connectivity index (χ0) is 13.7. The highest BCUT2D eigenvalue weighted by Crippen LogP contribution is 2.26. The van der Waals surface area contributed by atoms with Gasteiger partial charge in [-0.05, 0) is 30.9 Å². The summed E-state index contributed by atoms with van der Waals surface area (Å²) in [5, 5.41) is 22.8. The summed E-state index contributed by atoms with van der Waals surface area (Å²) < 4.78 is 5.27. The molecule has 0 saturated carbocycles. The monoisotopic (exact) mass is 261 g/mol. The van der Waals surface area contributed by atoms with Gasteiger partial charge in [0.1, 0.15) is 5.69 Å². The lowest BCUT2D eigenvalue weighted by Crippen LogP contribution is -2.22. The molecule has 0 bridgehead atoms. The Balaban J connectivity index is 2.06. The normalized spacial score (nSPS) is 15.7. The summed E-state index contributed by atoms with van der Waals surface area (Å²) in [6.45, 7) is 2.19. The predicted octanol–water partition coefficient (Wildman–Crippen LogP) is 2.30. The first-order chi connectivity index (χ1) is 9.20. The summed E-state index contributed by atoms with van der Waals surface area (Å²) in [5.41, 5.74) is 0.713. The van der Waals surface area contributed by atoms with Crippen LogP contribution in [-0.4, -0.2) is 24.7 Å². The van der Waals surface area contributed by atoms with E-state index in [0.717, 1.165) is 26.1 Å². The van der Waals surface area contributed by atoms with Gasteiger partial charge in [-0.3, -0.25) is 10.1 Å². The van der Waals surface area contributed by atoms with Crippen molar-refractivity contribution in [3.63, 3.8) is 0 Å².